The van der Waals surface area contributed by atoms with Gasteiger partial charge in [0.15, 0.2) is 0 Å². The largest absolute Gasteiger partial charge is 0.444 e. The highest BCUT2D eigenvalue weighted by atomic mass is 32.1. The van der Waals surface area contributed by atoms with Crippen molar-refractivity contribution in [2.75, 3.05) is 19.6 Å². The highest BCUT2D eigenvalue weighted by molar-refractivity contribution is 7.09. The molecule has 1 unspecified atom stereocenters. The maximum atomic E-state index is 13.2. The van der Waals surface area contributed by atoms with Gasteiger partial charge in [-0.3, -0.25) is 4.79 Å². The average Bonchev–Trinajstić information content (AvgIpc) is 3.22. The summed E-state index contributed by atoms with van der Waals surface area (Å²) < 4.78 is 5.48. The number of carbonyl (C=O) groups is 2. The second-order valence-corrected chi connectivity index (χ2v) is 10.6. The van der Waals surface area contributed by atoms with Crippen LogP contribution in [-0.4, -0.2) is 52.0 Å². The van der Waals surface area contributed by atoms with Crippen molar-refractivity contribution in [2.24, 2.45) is 5.92 Å². The van der Waals surface area contributed by atoms with Gasteiger partial charge in [-0.25, -0.2) is 9.78 Å². The lowest BCUT2D eigenvalue weighted by atomic mass is 9.85. The molecule has 1 aliphatic carbocycles. The Hall–Kier alpha value is -1.89. The van der Waals surface area contributed by atoms with Gasteiger partial charge in [-0.15, -0.1) is 11.3 Å². The predicted octanol–water partition coefficient (Wildman–Crippen LogP) is 5.18. The number of allylic oxidation sites excluding steroid dienone is 2. The van der Waals surface area contributed by atoms with Gasteiger partial charge in [0, 0.05) is 36.6 Å². The van der Waals surface area contributed by atoms with Crippen LogP contribution in [0, 0.1) is 5.92 Å². The quantitative estimate of drug-likeness (QED) is 0.647. The number of aromatic nitrogens is 1. The van der Waals surface area contributed by atoms with Gasteiger partial charge in [-0.05, 0) is 71.6 Å². The molecule has 1 aromatic rings. The minimum Gasteiger partial charge on any atom is -0.444 e. The van der Waals surface area contributed by atoms with Gasteiger partial charge >= 0.3 is 6.09 Å². The molecular formula is C23H33N3O3S. The molecule has 1 atom stereocenters. The van der Waals surface area contributed by atoms with Crippen molar-refractivity contribution in [1.82, 2.24) is 14.8 Å². The van der Waals surface area contributed by atoms with E-state index in [4.69, 9.17) is 9.72 Å². The number of hydrogen-bond donors (Lipinski definition) is 0. The zero-order valence-corrected chi connectivity index (χ0v) is 19.2. The van der Waals surface area contributed by atoms with Crippen molar-refractivity contribution < 1.29 is 14.3 Å². The Labute approximate surface area is 183 Å². The molecule has 0 radical (unpaired) electrons. The second kappa shape index (κ2) is 8.69. The molecule has 3 heterocycles. The van der Waals surface area contributed by atoms with Crippen molar-refractivity contribution in [1.29, 1.82) is 0 Å². The number of nitrogens with zero attached hydrogens (tertiary/aromatic N) is 3. The summed E-state index contributed by atoms with van der Waals surface area (Å²) in [7, 11) is 0. The minimum absolute atomic E-state index is 0.0570. The van der Waals surface area contributed by atoms with E-state index in [2.05, 4.69) is 6.08 Å². The molecule has 164 valence electrons. The van der Waals surface area contributed by atoms with E-state index < -0.39 is 5.60 Å². The van der Waals surface area contributed by atoms with Crippen molar-refractivity contribution in [3.8, 4) is 0 Å². The zero-order chi connectivity index (χ0) is 21.3. The van der Waals surface area contributed by atoms with E-state index in [1.807, 2.05) is 31.1 Å². The Morgan fingerprint density at radius 3 is 2.53 bits per heavy atom. The van der Waals surface area contributed by atoms with Gasteiger partial charge in [-0.2, -0.15) is 0 Å². The first-order valence-corrected chi connectivity index (χ1v) is 12.1. The van der Waals surface area contributed by atoms with E-state index in [9.17, 15) is 9.59 Å². The summed E-state index contributed by atoms with van der Waals surface area (Å²) in [4.78, 5) is 34.0. The first-order valence-electron chi connectivity index (χ1n) is 11.3. The summed E-state index contributed by atoms with van der Waals surface area (Å²) in [5.74, 6) is 0.909. The summed E-state index contributed by atoms with van der Waals surface area (Å²) >= 11 is 1.58. The van der Waals surface area contributed by atoms with Gasteiger partial charge in [0.1, 0.15) is 11.3 Å². The molecule has 1 aromatic heterocycles. The topological polar surface area (TPSA) is 62.7 Å². The Morgan fingerprint density at radius 2 is 1.80 bits per heavy atom. The van der Waals surface area contributed by atoms with E-state index in [1.165, 1.54) is 25.0 Å². The Morgan fingerprint density at radius 1 is 1.07 bits per heavy atom. The Balaban J connectivity index is 1.37. The number of ether oxygens (including phenoxy) is 1. The molecule has 3 aliphatic rings. The number of amides is 2. The molecule has 0 saturated carbocycles. The summed E-state index contributed by atoms with van der Waals surface area (Å²) in [5, 5.41) is 2.94. The standard InChI is InChI=1S/C23H33N3O3S/c1-23(2,3)29-22(28)25-13-10-17(11-14-25)20-24-18(15-30-20)21(27)26-12-6-8-16-7-4-5-9-19(16)26/h9,15-17H,4-8,10-14H2,1-3H3. The smallest absolute Gasteiger partial charge is 0.410 e. The molecule has 2 fully saturated rings. The molecular weight excluding hydrogens is 398 g/mol. The predicted molar refractivity (Wildman–Crippen MR) is 118 cm³/mol. The van der Waals surface area contributed by atoms with Crippen LogP contribution in [0.15, 0.2) is 17.2 Å². The molecule has 0 bridgehead atoms. The molecule has 0 N–H and O–H groups in total. The number of fused-ring (bicyclic) bond motifs is 1. The summed E-state index contributed by atoms with van der Waals surface area (Å²) in [6.07, 6.45) is 9.54. The molecule has 2 amide bonds. The third-order valence-electron chi connectivity index (χ3n) is 6.26. The first-order chi connectivity index (χ1) is 14.3. The van der Waals surface area contributed by atoms with Crippen LogP contribution in [0.25, 0.3) is 0 Å². The third-order valence-corrected chi connectivity index (χ3v) is 7.26. The van der Waals surface area contributed by atoms with E-state index in [-0.39, 0.29) is 12.0 Å². The van der Waals surface area contributed by atoms with Gasteiger partial charge in [0.2, 0.25) is 0 Å². The summed E-state index contributed by atoms with van der Waals surface area (Å²) in [6, 6.07) is 0. The van der Waals surface area contributed by atoms with Crippen LogP contribution in [0.2, 0.25) is 0 Å². The molecule has 30 heavy (non-hydrogen) atoms. The lowest BCUT2D eigenvalue weighted by Gasteiger charge is -2.37. The summed E-state index contributed by atoms with van der Waals surface area (Å²) in [6.45, 7) is 7.81. The van der Waals surface area contributed by atoms with E-state index in [0.29, 0.717) is 30.6 Å². The van der Waals surface area contributed by atoms with Crippen molar-refractivity contribution in [2.45, 2.75) is 77.2 Å². The van der Waals surface area contributed by atoms with Gasteiger partial charge in [0.25, 0.3) is 5.91 Å². The van der Waals surface area contributed by atoms with Gasteiger partial charge in [0.05, 0.1) is 5.01 Å². The van der Waals surface area contributed by atoms with Crippen LogP contribution in [0.4, 0.5) is 4.79 Å². The number of piperidine rings is 2. The number of rotatable bonds is 2. The van der Waals surface area contributed by atoms with Gasteiger partial charge < -0.3 is 14.5 Å². The molecule has 7 heteroatoms. The molecule has 2 saturated heterocycles. The number of carbonyl (C=O) groups excluding carboxylic acids is 2. The fourth-order valence-electron chi connectivity index (χ4n) is 4.74. The minimum atomic E-state index is -0.472. The zero-order valence-electron chi connectivity index (χ0n) is 18.4. The second-order valence-electron chi connectivity index (χ2n) is 9.67. The molecule has 4 rings (SSSR count). The maximum absolute atomic E-state index is 13.2. The van der Waals surface area contributed by atoms with E-state index in [0.717, 1.165) is 37.2 Å². The lowest BCUT2D eigenvalue weighted by molar-refractivity contribution is 0.0204. The fourth-order valence-corrected chi connectivity index (χ4v) is 5.71. The van der Waals surface area contributed by atoms with Crippen LogP contribution in [0.5, 0.6) is 0 Å². The normalized spacial score (nSPS) is 23.0. The number of likely N-dealkylation sites (tertiary alicyclic amines) is 2. The molecule has 2 aliphatic heterocycles. The Kier molecular flexibility index (Phi) is 6.19. The molecule has 0 aromatic carbocycles. The van der Waals surface area contributed by atoms with Crippen molar-refractivity contribution >= 4 is 23.3 Å². The lowest BCUT2D eigenvalue weighted by Crippen LogP contribution is -2.41. The van der Waals surface area contributed by atoms with Crippen LogP contribution in [0.1, 0.15) is 87.1 Å². The van der Waals surface area contributed by atoms with Crippen molar-refractivity contribution in [3.63, 3.8) is 0 Å². The highest BCUT2D eigenvalue weighted by Crippen LogP contribution is 2.36. The third kappa shape index (κ3) is 4.71. The van der Waals surface area contributed by atoms with Crippen LogP contribution in [0.3, 0.4) is 0 Å². The summed E-state index contributed by atoms with van der Waals surface area (Å²) in [5.41, 5.74) is 1.34. The van der Waals surface area contributed by atoms with Crippen molar-refractivity contribution in [3.05, 3.63) is 27.9 Å². The number of hydrogen-bond acceptors (Lipinski definition) is 5. The van der Waals surface area contributed by atoms with Crippen LogP contribution in [-0.2, 0) is 4.74 Å². The molecule has 6 nitrogen and oxygen atoms in total. The van der Waals surface area contributed by atoms with E-state index in [1.54, 1.807) is 16.2 Å². The van der Waals surface area contributed by atoms with Gasteiger partial charge in [-0.1, -0.05) is 6.08 Å². The first kappa shape index (κ1) is 21.3. The average molecular weight is 432 g/mol. The molecule has 0 spiro atoms. The maximum Gasteiger partial charge on any atom is 0.410 e. The van der Waals surface area contributed by atoms with Crippen LogP contribution < -0.4 is 0 Å². The Bertz CT molecular complexity index is 818. The SMILES string of the molecule is CC(C)(C)OC(=O)N1CCC(c2nc(C(=O)N3CCCC4CCCC=C43)cs2)CC1. The van der Waals surface area contributed by atoms with Crippen LogP contribution >= 0.6 is 11.3 Å². The highest BCUT2D eigenvalue weighted by Gasteiger charge is 2.33. The fraction of sp³-hybridized carbons (Fsp3) is 0.696. The van der Waals surface area contributed by atoms with E-state index >= 15 is 0 Å². The monoisotopic (exact) mass is 431 g/mol. The number of thiazole rings is 1.